The summed E-state index contributed by atoms with van der Waals surface area (Å²) in [5.74, 6) is 0.0805. The van der Waals surface area contributed by atoms with Crippen molar-refractivity contribution < 1.29 is 14.2 Å². The Morgan fingerprint density at radius 2 is 1.74 bits per heavy atom. The molecule has 0 heterocycles. The van der Waals surface area contributed by atoms with Crippen LogP contribution < -0.4 is 5.73 Å². The van der Waals surface area contributed by atoms with Gasteiger partial charge in [-0.05, 0) is 12.0 Å². The van der Waals surface area contributed by atoms with E-state index in [9.17, 15) is 0 Å². The minimum Gasteiger partial charge on any atom is -0.385 e. The first-order chi connectivity index (χ1) is 9.24. The molecule has 0 aliphatic carbocycles. The molecule has 1 rings (SSSR count). The predicted octanol–water partition coefficient (Wildman–Crippen LogP) is 1.54. The van der Waals surface area contributed by atoms with Crippen LogP contribution in [0, 0.1) is 5.41 Å². The van der Waals surface area contributed by atoms with Crippen molar-refractivity contribution in [3.63, 3.8) is 0 Å². The van der Waals surface area contributed by atoms with E-state index in [0.29, 0.717) is 26.4 Å². The van der Waals surface area contributed by atoms with Crippen molar-refractivity contribution >= 4 is 5.84 Å². The second-order valence-electron chi connectivity index (χ2n) is 4.12. The smallest absolute Gasteiger partial charge is 0.122 e. The van der Waals surface area contributed by atoms with Crippen LogP contribution in [-0.2, 0) is 20.8 Å². The van der Waals surface area contributed by atoms with Crippen LogP contribution in [0.5, 0.6) is 0 Å². The maximum Gasteiger partial charge on any atom is 0.122 e. The first kappa shape index (κ1) is 15.6. The molecule has 19 heavy (non-hydrogen) atoms. The predicted molar refractivity (Wildman–Crippen MR) is 74.4 cm³/mol. The minimum atomic E-state index is 0.0805. The van der Waals surface area contributed by atoms with Gasteiger partial charge in [-0.15, -0.1) is 0 Å². The fourth-order valence-corrected chi connectivity index (χ4v) is 1.50. The van der Waals surface area contributed by atoms with Gasteiger partial charge in [-0.1, -0.05) is 24.3 Å². The van der Waals surface area contributed by atoms with Gasteiger partial charge in [-0.2, -0.15) is 0 Å². The van der Waals surface area contributed by atoms with E-state index in [2.05, 4.69) is 0 Å². The van der Waals surface area contributed by atoms with Gasteiger partial charge in [0.25, 0.3) is 0 Å². The van der Waals surface area contributed by atoms with Crippen LogP contribution in [0.4, 0.5) is 0 Å². The molecule has 0 saturated carbocycles. The molecule has 0 aromatic heterocycles. The maximum atomic E-state index is 7.29. The van der Waals surface area contributed by atoms with Crippen LogP contribution >= 0.6 is 0 Å². The molecule has 3 N–H and O–H groups in total. The summed E-state index contributed by atoms with van der Waals surface area (Å²) in [7, 11) is 1.68. The number of hydrogen-bond donors (Lipinski definition) is 2. The molecule has 0 saturated heterocycles. The van der Waals surface area contributed by atoms with Crippen LogP contribution in [0.2, 0.25) is 0 Å². The fraction of sp³-hybridized carbons (Fsp3) is 0.500. The van der Waals surface area contributed by atoms with Crippen LogP contribution in [0.25, 0.3) is 0 Å². The van der Waals surface area contributed by atoms with Gasteiger partial charge in [-0.3, -0.25) is 5.41 Å². The Morgan fingerprint density at radius 3 is 2.37 bits per heavy atom. The number of rotatable bonds is 10. The van der Waals surface area contributed by atoms with E-state index in [1.165, 1.54) is 0 Å². The van der Waals surface area contributed by atoms with E-state index in [1.807, 2.05) is 24.3 Å². The summed E-state index contributed by atoms with van der Waals surface area (Å²) in [6.07, 6.45) is 0.906. The molecule has 0 atom stereocenters. The van der Waals surface area contributed by atoms with Gasteiger partial charge in [0.15, 0.2) is 0 Å². The average molecular weight is 266 g/mol. The molecule has 1 aromatic carbocycles. The summed E-state index contributed by atoms with van der Waals surface area (Å²) in [5.41, 5.74) is 7.17. The monoisotopic (exact) mass is 266 g/mol. The SMILES string of the molecule is COCCCOCCOCc1ccc(C(=N)N)cc1. The molecule has 0 aliphatic rings. The summed E-state index contributed by atoms with van der Waals surface area (Å²) >= 11 is 0. The zero-order chi connectivity index (χ0) is 13.9. The van der Waals surface area contributed by atoms with Crippen molar-refractivity contribution in [1.82, 2.24) is 0 Å². The molecular formula is C14H22N2O3. The number of methoxy groups -OCH3 is 1. The van der Waals surface area contributed by atoms with E-state index in [1.54, 1.807) is 7.11 Å². The second kappa shape index (κ2) is 9.49. The molecule has 0 fully saturated rings. The third-order valence-corrected chi connectivity index (χ3v) is 2.54. The number of nitrogen functional groups attached to an aromatic ring is 1. The summed E-state index contributed by atoms with van der Waals surface area (Å²) in [5, 5.41) is 7.29. The Bertz CT molecular complexity index is 365. The molecule has 0 unspecified atom stereocenters. The topological polar surface area (TPSA) is 77.6 Å². The van der Waals surface area contributed by atoms with E-state index in [0.717, 1.165) is 24.2 Å². The Hall–Kier alpha value is -1.43. The zero-order valence-electron chi connectivity index (χ0n) is 11.4. The third-order valence-electron chi connectivity index (χ3n) is 2.54. The first-order valence-corrected chi connectivity index (χ1v) is 6.32. The Morgan fingerprint density at radius 1 is 1.05 bits per heavy atom. The molecule has 5 nitrogen and oxygen atoms in total. The molecule has 0 aliphatic heterocycles. The van der Waals surface area contributed by atoms with Crippen molar-refractivity contribution in [3.05, 3.63) is 35.4 Å². The molecule has 0 radical (unpaired) electrons. The second-order valence-corrected chi connectivity index (χ2v) is 4.12. The lowest BCUT2D eigenvalue weighted by molar-refractivity contribution is 0.0337. The Kier molecular flexibility index (Phi) is 7.81. The van der Waals surface area contributed by atoms with Crippen molar-refractivity contribution in [3.8, 4) is 0 Å². The van der Waals surface area contributed by atoms with Crippen molar-refractivity contribution in [1.29, 1.82) is 5.41 Å². The summed E-state index contributed by atoms with van der Waals surface area (Å²) in [6.45, 7) is 3.13. The fourth-order valence-electron chi connectivity index (χ4n) is 1.50. The number of ether oxygens (including phenoxy) is 3. The van der Waals surface area contributed by atoms with Gasteiger partial charge >= 0.3 is 0 Å². The number of benzene rings is 1. The quantitative estimate of drug-likeness (QED) is 0.382. The Balaban J connectivity index is 2.07. The van der Waals surface area contributed by atoms with Crippen molar-refractivity contribution in [2.24, 2.45) is 5.73 Å². The molecule has 1 aromatic rings. The van der Waals surface area contributed by atoms with E-state index >= 15 is 0 Å². The van der Waals surface area contributed by atoms with Crippen molar-refractivity contribution in [2.75, 3.05) is 33.5 Å². The lowest BCUT2D eigenvalue weighted by Crippen LogP contribution is -2.11. The molecule has 0 spiro atoms. The van der Waals surface area contributed by atoms with E-state index < -0.39 is 0 Å². The van der Waals surface area contributed by atoms with Crippen LogP contribution in [0.1, 0.15) is 17.5 Å². The number of nitrogens with two attached hydrogens (primary N) is 1. The van der Waals surface area contributed by atoms with E-state index in [-0.39, 0.29) is 5.84 Å². The summed E-state index contributed by atoms with van der Waals surface area (Å²) < 4.78 is 15.8. The number of nitrogens with one attached hydrogen (secondary N) is 1. The van der Waals surface area contributed by atoms with Gasteiger partial charge < -0.3 is 19.9 Å². The van der Waals surface area contributed by atoms with Crippen LogP contribution in [-0.4, -0.2) is 39.4 Å². The Labute approximate surface area is 114 Å². The number of amidine groups is 1. The lowest BCUT2D eigenvalue weighted by atomic mass is 10.1. The van der Waals surface area contributed by atoms with Gasteiger partial charge in [0.2, 0.25) is 0 Å². The van der Waals surface area contributed by atoms with Crippen molar-refractivity contribution in [2.45, 2.75) is 13.0 Å². The summed E-state index contributed by atoms with van der Waals surface area (Å²) in [6, 6.07) is 7.47. The van der Waals surface area contributed by atoms with Crippen LogP contribution in [0.3, 0.4) is 0 Å². The minimum absolute atomic E-state index is 0.0805. The lowest BCUT2D eigenvalue weighted by Gasteiger charge is -2.06. The molecule has 5 heteroatoms. The molecular weight excluding hydrogens is 244 g/mol. The largest absolute Gasteiger partial charge is 0.385 e. The molecule has 0 bridgehead atoms. The maximum absolute atomic E-state index is 7.29. The molecule has 106 valence electrons. The highest BCUT2D eigenvalue weighted by Crippen LogP contribution is 2.05. The molecule has 0 amide bonds. The highest BCUT2D eigenvalue weighted by atomic mass is 16.5. The highest BCUT2D eigenvalue weighted by Gasteiger charge is 1.97. The van der Waals surface area contributed by atoms with E-state index in [4.69, 9.17) is 25.4 Å². The highest BCUT2D eigenvalue weighted by molar-refractivity contribution is 5.94. The number of hydrogen-bond acceptors (Lipinski definition) is 4. The standard InChI is InChI=1S/C14H22N2O3/c1-17-7-2-8-18-9-10-19-11-12-3-5-13(6-4-12)14(15)16/h3-6H,2,7-11H2,1H3,(H3,15,16). The van der Waals surface area contributed by atoms with Gasteiger partial charge in [0, 0.05) is 25.9 Å². The van der Waals surface area contributed by atoms with Gasteiger partial charge in [-0.25, -0.2) is 0 Å². The first-order valence-electron chi connectivity index (χ1n) is 6.32. The summed E-state index contributed by atoms with van der Waals surface area (Å²) in [4.78, 5) is 0. The third kappa shape index (κ3) is 6.91. The average Bonchev–Trinajstić information content (AvgIpc) is 2.42. The van der Waals surface area contributed by atoms with Gasteiger partial charge in [0.05, 0.1) is 19.8 Å². The van der Waals surface area contributed by atoms with Crippen LogP contribution in [0.15, 0.2) is 24.3 Å². The van der Waals surface area contributed by atoms with Gasteiger partial charge in [0.1, 0.15) is 5.84 Å². The normalized spacial score (nSPS) is 10.6. The zero-order valence-corrected chi connectivity index (χ0v) is 11.4.